The van der Waals surface area contributed by atoms with Crippen LogP contribution in [-0.2, 0) is 16.0 Å². The molecule has 31 heavy (non-hydrogen) atoms. The second kappa shape index (κ2) is 7.85. The Balaban J connectivity index is 1.48. The molecule has 2 amide bonds. The fraction of sp³-hybridized carbons (Fsp3) is 0.360. The minimum absolute atomic E-state index is 0.0757. The van der Waals surface area contributed by atoms with Crippen molar-refractivity contribution in [1.29, 1.82) is 0 Å². The van der Waals surface area contributed by atoms with Gasteiger partial charge in [-0.05, 0) is 43.5 Å². The van der Waals surface area contributed by atoms with E-state index in [4.69, 9.17) is 4.74 Å². The van der Waals surface area contributed by atoms with Crippen LogP contribution in [0, 0.1) is 0 Å². The van der Waals surface area contributed by atoms with Crippen molar-refractivity contribution in [3.05, 3.63) is 70.9 Å². The van der Waals surface area contributed by atoms with Gasteiger partial charge in [0.15, 0.2) is 0 Å². The molecule has 160 valence electrons. The molecule has 0 saturated carbocycles. The summed E-state index contributed by atoms with van der Waals surface area (Å²) in [6, 6.07) is 15.0. The fourth-order valence-electron chi connectivity index (χ4n) is 4.86. The number of nitrogens with zero attached hydrogens (tertiary/aromatic N) is 1. The molecule has 3 aromatic rings. The normalized spacial score (nSPS) is 19.5. The summed E-state index contributed by atoms with van der Waals surface area (Å²) < 4.78 is 5.56. The van der Waals surface area contributed by atoms with Crippen LogP contribution in [0.3, 0.4) is 0 Å². The Labute approximate surface area is 181 Å². The van der Waals surface area contributed by atoms with Crippen molar-refractivity contribution in [3.63, 3.8) is 0 Å². The number of nitrogens with one attached hydrogen (secondary N) is 2. The molecule has 2 aliphatic rings. The highest BCUT2D eigenvalue weighted by atomic mass is 16.5. The smallest absolute Gasteiger partial charge is 0.255 e. The third kappa shape index (κ3) is 3.31. The van der Waals surface area contributed by atoms with Gasteiger partial charge in [-0.2, -0.15) is 0 Å². The summed E-state index contributed by atoms with van der Waals surface area (Å²) in [7, 11) is 0. The van der Waals surface area contributed by atoms with Crippen LogP contribution in [0.2, 0.25) is 0 Å². The Bertz CT molecular complexity index is 1150. The number of rotatable bonds is 6. The third-order valence-electron chi connectivity index (χ3n) is 6.23. The van der Waals surface area contributed by atoms with Crippen molar-refractivity contribution in [2.24, 2.45) is 0 Å². The molecule has 2 atom stereocenters. The molecule has 0 fully saturated rings. The number of hydrogen-bond acceptors (Lipinski definition) is 3. The maximum Gasteiger partial charge on any atom is 0.255 e. The summed E-state index contributed by atoms with van der Waals surface area (Å²) in [5.74, 6) is -0.181. The van der Waals surface area contributed by atoms with Crippen LogP contribution in [0.15, 0.2) is 48.5 Å². The molecule has 0 radical (unpaired) electrons. The van der Waals surface area contributed by atoms with Crippen LogP contribution in [0.4, 0.5) is 0 Å². The first-order valence-corrected chi connectivity index (χ1v) is 11.0. The van der Waals surface area contributed by atoms with Crippen LogP contribution >= 0.6 is 0 Å². The fourth-order valence-corrected chi connectivity index (χ4v) is 4.86. The Morgan fingerprint density at radius 3 is 2.81 bits per heavy atom. The lowest BCUT2D eigenvalue weighted by atomic mass is 9.90. The lowest BCUT2D eigenvalue weighted by molar-refractivity contribution is -0.126. The van der Waals surface area contributed by atoms with E-state index in [0.29, 0.717) is 25.1 Å². The monoisotopic (exact) mass is 417 g/mol. The number of benzene rings is 2. The number of carbonyl (C=O) groups is 2. The molecule has 1 unspecified atom stereocenters. The number of aromatic amines is 1. The van der Waals surface area contributed by atoms with Gasteiger partial charge in [-0.3, -0.25) is 9.59 Å². The van der Waals surface area contributed by atoms with Gasteiger partial charge in [0, 0.05) is 41.7 Å². The maximum atomic E-state index is 13.3. The Hall–Kier alpha value is -3.12. The second-order valence-corrected chi connectivity index (χ2v) is 8.55. The summed E-state index contributed by atoms with van der Waals surface area (Å²) in [6.07, 6.45) is 1.42. The van der Waals surface area contributed by atoms with Crippen LogP contribution in [0.1, 0.15) is 53.5 Å². The number of hydrogen-bond donors (Lipinski definition) is 2. The highest BCUT2D eigenvalue weighted by Gasteiger charge is 2.48. The van der Waals surface area contributed by atoms with Crippen LogP contribution < -0.4 is 5.32 Å². The first-order valence-electron chi connectivity index (χ1n) is 11.0. The standard InChI is InChI=1S/C25H27N3O3/c1-15(2)31-13-7-12-26-24(29)21-14-19-16-8-5-6-11-20(16)27-22(19)23-17-9-3-4-10-18(17)25(30)28(21)23/h3-6,8-11,15,21,23,27H,7,12-14H2,1-2H3,(H,26,29)/t21-,23?/m0/s1. The van der Waals surface area contributed by atoms with Gasteiger partial charge in [-0.25, -0.2) is 0 Å². The van der Waals surface area contributed by atoms with Crippen molar-refractivity contribution in [1.82, 2.24) is 15.2 Å². The zero-order valence-electron chi connectivity index (χ0n) is 17.9. The summed E-state index contributed by atoms with van der Waals surface area (Å²) in [6.45, 7) is 5.13. The molecule has 0 spiro atoms. The number of ether oxygens (including phenoxy) is 1. The Morgan fingerprint density at radius 2 is 1.97 bits per heavy atom. The van der Waals surface area contributed by atoms with E-state index in [0.717, 1.165) is 34.1 Å². The predicted octanol–water partition coefficient (Wildman–Crippen LogP) is 3.57. The van der Waals surface area contributed by atoms with E-state index >= 15 is 0 Å². The van der Waals surface area contributed by atoms with E-state index < -0.39 is 6.04 Å². The first kappa shape index (κ1) is 19.8. The molecule has 1 aromatic heterocycles. The van der Waals surface area contributed by atoms with Crippen LogP contribution in [0.5, 0.6) is 0 Å². The minimum Gasteiger partial charge on any atom is -0.379 e. The largest absolute Gasteiger partial charge is 0.379 e. The van der Waals surface area contributed by atoms with Crippen LogP contribution in [0.25, 0.3) is 10.9 Å². The number of fused-ring (bicyclic) bond motifs is 7. The predicted molar refractivity (Wildman–Crippen MR) is 119 cm³/mol. The molecule has 3 heterocycles. The van der Waals surface area contributed by atoms with Gasteiger partial charge < -0.3 is 19.9 Å². The molecule has 5 rings (SSSR count). The Kier molecular flexibility index (Phi) is 5.02. The zero-order valence-corrected chi connectivity index (χ0v) is 17.9. The van der Waals surface area contributed by atoms with Gasteiger partial charge in [0.2, 0.25) is 5.91 Å². The molecule has 0 bridgehead atoms. The second-order valence-electron chi connectivity index (χ2n) is 8.55. The number of aromatic nitrogens is 1. The molecule has 2 N–H and O–H groups in total. The Morgan fingerprint density at radius 1 is 1.19 bits per heavy atom. The van der Waals surface area contributed by atoms with Gasteiger partial charge in [-0.1, -0.05) is 36.4 Å². The van der Waals surface area contributed by atoms with Crippen molar-refractivity contribution in [3.8, 4) is 0 Å². The van der Waals surface area contributed by atoms with E-state index in [9.17, 15) is 9.59 Å². The molecular formula is C25H27N3O3. The van der Waals surface area contributed by atoms with E-state index in [-0.39, 0.29) is 24.0 Å². The SMILES string of the molecule is CC(C)OCCCNC(=O)[C@@H]1Cc2c([nH]c3ccccc23)C2c3ccccc3C(=O)N21. The van der Waals surface area contributed by atoms with Gasteiger partial charge in [0.1, 0.15) is 6.04 Å². The molecule has 6 heteroatoms. The average molecular weight is 418 g/mol. The van der Waals surface area contributed by atoms with E-state index in [1.807, 2.05) is 56.3 Å². The van der Waals surface area contributed by atoms with E-state index in [1.165, 1.54) is 0 Å². The number of amides is 2. The summed E-state index contributed by atoms with van der Waals surface area (Å²) in [4.78, 5) is 31.9. The van der Waals surface area contributed by atoms with E-state index in [1.54, 1.807) is 4.90 Å². The van der Waals surface area contributed by atoms with Crippen molar-refractivity contribution < 1.29 is 14.3 Å². The van der Waals surface area contributed by atoms with Gasteiger partial charge >= 0.3 is 0 Å². The maximum absolute atomic E-state index is 13.3. The van der Waals surface area contributed by atoms with Crippen molar-refractivity contribution >= 4 is 22.7 Å². The molecule has 6 nitrogen and oxygen atoms in total. The quantitative estimate of drug-likeness (QED) is 0.602. The lowest BCUT2D eigenvalue weighted by Crippen LogP contribution is -2.52. The lowest BCUT2D eigenvalue weighted by Gasteiger charge is -2.37. The summed E-state index contributed by atoms with van der Waals surface area (Å²) in [5.41, 5.74) is 4.83. The number of para-hydroxylation sites is 1. The van der Waals surface area contributed by atoms with Crippen molar-refractivity contribution in [2.45, 2.75) is 44.9 Å². The topological polar surface area (TPSA) is 74.4 Å². The zero-order chi connectivity index (χ0) is 21.5. The number of carbonyl (C=O) groups excluding carboxylic acids is 2. The van der Waals surface area contributed by atoms with Gasteiger partial charge in [-0.15, -0.1) is 0 Å². The highest BCUT2D eigenvalue weighted by Crippen LogP contribution is 2.46. The number of H-pyrrole nitrogens is 1. The van der Waals surface area contributed by atoms with Gasteiger partial charge in [0.25, 0.3) is 5.91 Å². The van der Waals surface area contributed by atoms with Crippen molar-refractivity contribution in [2.75, 3.05) is 13.2 Å². The van der Waals surface area contributed by atoms with Crippen LogP contribution in [-0.4, -0.2) is 47.0 Å². The molecule has 0 saturated heterocycles. The molecule has 0 aliphatic carbocycles. The highest BCUT2D eigenvalue weighted by molar-refractivity contribution is 6.03. The summed E-state index contributed by atoms with van der Waals surface area (Å²) >= 11 is 0. The minimum atomic E-state index is -0.539. The van der Waals surface area contributed by atoms with Gasteiger partial charge in [0.05, 0.1) is 12.1 Å². The molecular weight excluding hydrogens is 390 g/mol. The summed E-state index contributed by atoms with van der Waals surface area (Å²) in [5, 5.41) is 4.16. The molecule has 2 aromatic carbocycles. The molecule has 2 aliphatic heterocycles. The third-order valence-corrected chi connectivity index (χ3v) is 6.23. The van der Waals surface area contributed by atoms with E-state index in [2.05, 4.69) is 16.4 Å². The first-order chi connectivity index (χ1) is 15.1. The average Bonchev–Trinajstić information content (AvgIpc) is 3.28.